The fourth-order valence-corrected chi connectivity index (χ4v) is 3.79. The van der Waals surface area contributed by atoms with Crippen LogP contribution in [0.5, 0.6) is 0 Å². The van der Waals surface area contributed by atoms with Gasteiger partial charge in [0.25, 0.3) is 0 Å². The quantitative estimate of drug-likeness (QED) is 0.855. The molecule has 7 nitrogen and oxygen atoms in total. The van der Waals surface area contributed by atoms with Gasteiger partial charge in [0, 0.05) is 29.4 Å². The fraction of sp³-hybridized carbons (Fsp3) is 0.412. The highest BCUT2D eigenvalue weighted by Crippen LogP contribution is 2.48. The molecule has 0 radical (unpaired) electrons. The van der Waals surface area contributed by atoms with Gasteiger partial charge in [0.1, 0.15) is 18.2 Å². The van der Waals surface area contributed by atoms with E-state index in [0.717, 1.165) is 6.42 Å². The van der Waals surface area contributed by atoms with E-state index < -0.39 is 12.0 Å². The van der Waals surface area contributed by atoms with Gasteiger partial charge in [-0.3, -0.25) is 9.59 Å². The van der Waals surface area contributed by atoms with Gasteiger partial charge < -0.3 is 14.6 Å². The summed E-state index contributed by atoms with van der Waals surface area (Å²) in [5.41, 5.74) is 1.08. The molecular formula is C17H17N3O4. The van der Waals surface area contributed by atoms with E-state index in [1.807, 2.05) is 0 Å². The molecule has 0 bridgehead atoms. The Bertz CT molecular complexity index is 872. The number of fused-ring (bicyclic) bond motifs is 2. The predicted octanol–water partition coefficient (Wildman–Crippen LogP) is 1.31. The third kappa shape index (κ3) is 2.19. The van der Waals surface area contributed by atoms with Crippen molar-refractivity contribution in [1.29, 1.82) is 0 Å². The highest BCUT2D eigenvalue weighted by molar-refractivity contribution is 6.06. The maximum atomic E-state index is 12.7. The lowest BCUT2D eigenvalue weighted by atomic mass is 10.1. The average molecular weight is 327 g/mol. The van der Waals surface area contributed by atoms with Crippen molar-refractivity contribution in [1.82, 2.24) is 14.5 Å². The number of carboxylic acid groups (broad SMARTS) is 1. The molecular weight excluding hydrogens is 310 g/mol. The van der Waals surface area contributed by atoms with Crippen molar-refractivity contribution in [2.75, 3.05) is 0 Å². The molecule has 1 saturated carbocycles. The van der Waals surface area contributed by atoms with Crippen molar-refractivity contribution >= 4 is 28.7 Å². The normalized spacial score (nSPS) is 24.9. The van der Waals surface area contributed by atoms with Crippen LogP contribution in [0.3, 0.4) is 0 Å². The predicted molar refractivity (Wildman–Crippen MR) is 84.5 cm³/mol. The molecule has 2 aromatic heterocycles. The summed E-state index contributed by atoms with van der Waals surface area (Å²) in [6.45, 7) is 1.47. The zero-order chi connectivity index (χ0) is 17.0. The molecule has 124 valence electrons. The Kier molecular flexibility index (Phi) is 3.19. The third-order valence-corrected chi connectivity index (χ3v) is 5.00. The molecule has 1 saturated heterocycles. The summed E-state index contributed by atoms with van der Waals surface area (Å²) < 4.78 is 1.64. The number of nitrogens with zero attached hydrogens (tertiary/aromatic N) is 3. The monoisotopic (exact) mass is 327 g/mol. The van der Waals surface area contributed by atoms with Gasteiger partial charge in [0.15, 0.2) is 5.78 Å². The first-order valence-corrected chi connectivity index (χ1v) is 7.96. The molecule has 3 heterocycles. The Morgan fingerprint density at radius 3 is 2.83 bits per heavy atom. The van der Waals surface area contributed by atoms with Gasteiger partial charge in [-0.15, -0.1) is 0 Å². The van der Waals surface area contributed by atoms with Crippen molar-refractivity contribution in [2.24, 2.45) is 5.92 Å². The first kappa shape index (κ1) is 14.9. The molecule has 24 heavy (non-hydrogen) atoms. The van der Waals surface area contributed by atoms with E-state index in [4.69, 9.17) is 0 Å². The van der Waals surface area contributed by atoms with Crippen LogP contribution < -0.4 is 0 Å². The number of pyridine rings is 1. The highest BCUT2D eigenvalue weighted by Gasteiger charge is 2.56. The molecule has 4 rings (SSSR count). The van der Waals surface area contributed by atoms with Gasteiger partial charge in [0.2, 0.25) is 5.91 Å². The molecule has 3 atom stereocenters. The van der Waals surface area contributed by atoms with E-state index in [9.17, 15) is 19.5 Å². The second kappa shape index (κ2) is 5.15. The zero-order valence-corrected chi connectivity index (χ0v) is 13.2. The average Bonchev–Trinajstić information content (AvgIpc) is 3.04. The number of Topliss-reactive ketones (excluding diaryl/α,β-unsaturated/α-hetero) is 1. The van der Waals surface area contributed by atoms with Gasteiger partial charge in [-0.05, 0) is 37.8 Å². The lowest BCUT2D eigenvalue weighted by Crippen LogP contribution is -2.44. The number of likely N-dealkylation sites (tertiary alicyclic amines) is 1. The Morgan fingerprint density at radius 1 is 1.33 bits per heavy atom. The van der Waals surface area contributed by atoms with Gasteiger partial charge >= 0.3 is 5.97 Å². The van der Waals surface area contributed by atoms with E-state index in [2.05, 4.69) is 4.98 Å². The van der Waals surface area contributed by atoms with Crippen molar-refractivity contribution in [3.8, 4) is 0 Å². The molecule has 1 amide bonds. The Hall–Kier alpha value is -2.70. The molecule has 2 aromatic rings. The maximum Gasteiger partial charge on any atom is 0.326 e. The zero-order valence-electron chi connectivity index (χ0n) is 13.2. The Labute approximate surface area is 137 Å². The number of hydrogen-bond acceptors (Lipinski definition) is 4. The molecule has 2 aliphatic rings. The van der Waals surface area contributed by atoms with E-state index in [0.29, 0.717) is 28.9 Å². The van der Waals surface area contributed by atoms with Crippen LogP contribution >= 0.6 is 0 Å². The van der Waals surface area contributed by atoms with E-state index in [1.54, 1.807) is 29.1 Å². The van der Waals surface area contributed by atoms with E-state index in [-0.39, 0.29) is 24.3 Å². The summed E-state index contributed by atoms with van der Waals surface area (Å²) in [5, 5.41) is 10.0. The topological polar surface area (TPSA) is 92.5 Å². The SMILES string of the molecule is CC(=O)c1cn(CC(=O)N2[C@@H]3C[C@@H]3C[C@H]2C(=O)O)c2ncccc12. The number of carboxylic acids is 1. The number of ketones is 1. The van der Waals surface area contributed by atoms with Crippen LogP contribution in [0.25, 0.3) is 11.0 Å². The fourth-order valence-electron chi connectivity index (χ4n) is 3.79. The number of carbonyl (C=O) groups is 3. The molecule has 7 heteroatoms. The summed E-state index contributed by atoms with van der Waals surface area (Å²) >= 11 is 0. The Morgan fingerprint density at radius 2 is 2.12 bits per heavy atom. The van der Waals surface area contributed by atoms with Gasteiger partial charge in [-0.1, -0.05) is 0 Å². The summed E-state index contributed by atoms with van der Waals surface area (Å²) in [4.78, 5) is 41.7. The second-order valence-electron chi connectivity index (χ2n) is 6.56. The standard InChI is InChI=1S/C17H17N3O4/c1-9(21)12-7-19(16-11(12)3-2-4-18-16)8-15(22)20-13-5-10(13)6-14(20)17(23)24/h2-4,7,10,13-14H,5-6,8H2,1H3,(H,23,24)/t10-,13-,14+/m1/s1. The van der Waals surface area contributed by atoms with Crippen LogP contribution in [0.15, 0.2) is 24.5 Å². The summed E-state index contributed by atoms with van der Waals surface area (Å²) in [6, 6.07) is 2.87. The smallest absolute Gasteiger partial charge is 0.326 e. The minimum absolute atomic E-state index is 0.00616. The minimum atomic E-state index is -0.949. The van der Waals surface area contributed by atoms with Gasteiger partial charge in [0.05, 0.1) is 0 Å². The van der Waals surface area contributed by atoms with Crippen LogP contribution in [0.1, 0.15) is 30.1 Å². The van der Waals surface area contributed by atoms with Crippen LogP contribution in [0, 0.1) is 5.92 Å². The number of hydrogen-bond donors (Lipinski definition) is 1. The van der Waals surface area contributed by atoms with Crippen LogP contribution in [-0.4, -0.2) is 49.3 Å². The molecule has 0 spiro atoms. The van der Waals surface area contributed by atoms with Crippen LogP contribution in [-0.2, 0) is 16.1 Å². The number of carbonyl (C=O) groups excluding carboxylic acids is 2. The molecule has 2 fully saturated rings. The number of amides is 1. The molecule has 0 unspecified atom stereocenters. The van der Waals surface area contributed by atoms with Crippen molar-refractivity contribution < 1.29 is 19.5 Å². The number of aliphatic carboxylic acids is 1. The molecule has 1 N–H and O–H groups in total. The first-order valence-electron chi connectivity index (χ1n) is 7.96. The molecule has 0 aromatic carbocycles. The lowest BCUT2D eigenvalue weighted by Gasteiger charge is -2.24. The van der Waals surface area contributed by atoms with Crippen LogP contribution in [0.4, 0.5) is 0 Å². The third-order valence-electron chi connectivity index (χ3n) is 5.00. The van der Waals surface area contributed by atoms with Crippen molar-refractivity contribution in [3.63, 3.8) is 0 Å². The summed E-state index contributed by atoms with van der Waals surface area (Å²) in [7, 11) is 0. The van der Waals surface area contributed by atoms with E-state index >= 15 is 0 Å². The lowest BCUT2D eigenvalue weighted by molar-refractivity contribution is -0.149. The maximum absolute atomic E-state index is 12.7. The van der Waals surface area contributed by atoms with Crippen LogP contribution in [0.2, 0.25) is 0 Å². The first-order chi connectivity index (χ1) is 11.5. The van der Waals surface area contributed by atoms with Crippen molar-refractivity contribution in [2.45, 2.75) is 38.4 Å². The van der Waals surface area contributed by atoms with Crippen molar-refractivity contribution in [3.05, 3.63) is 30.1 Å². The molecule has 1 aliphatic carbocycles. The summed E-state index contributed by atoms with van der Waals surface area (Å²) in [5.74, 6) is -0.950. The highest BCUT2D eigenvalue weighted by atomic mass is 16.4. The molecule has 1 aliphatic heterocycles. The summed E-state index contributed by atoms with van der Waals surface area (Å²) in [6.07, 6.45) is 4.67. The Balaban J connectivity index is 1.66. The largest absolute Gasteiger partial charge is 0.480 e. The number of piperidine rings is 1. The number of rotatable bonds is 4. The number of aromatic nitrogens is 2. The van der Waals surface area contributed by atoms with Gasteiger partial charge in [-0.25, -0.2) is 9.78 Å². The van der Waals surface area contributed by atoms with E-state index in [1.165, 1.54) is 11.8 Å². The van der Waals surface area contributed by atoms with Gasteiger partial charge in [-0.2, -0.15) is 0 Å². The second-order valence-corrected chi connectivity index (χ2v) is 6.56. The minimum Gasteiger partial charge on any atom is -0.480 e.